The Morgan fingerprint density at radius 3 is 2.39 bits per heavy atom. The van der Waals surface area contributed by atoms with Crippen LogP contribution in [0, 0.1) is 6.92 Å². The molecule has 1 amide bonds. The van der Waals surface area contributed by atoms with Crippen LogP contribution in [0.2, 0.25) is 5.02 Å². The maximum Gasteiger partial charge on any atom is 0.244 e. The number of nitrogens with zero attached hydrogens (tertiary/aromatic N) is 7. The fourth-order valence-corrected chi connectivity index (χ4v) is 7.18. The van der Waals surface area contributed by atoms with Crippen molar-refractivity contribution >= 4 is 44.8 Å². The Balaban J connectivity index is 1.47. The van der Waals surface area contributed by atoms with Crippen LogP contribution in [0.1, 0.15) is 52.3 Å². The van der Waals surface area contributed by atoms with Crippen molar-refractivity contribution in [1.29, 1.82) is 0 Å². The maximum absolute atomic E-state index is 13.3. The number of carbonyl (C=O) groups excluding carboxylic acids is 1. The zero-order valence-corrected chi connectivity index (χ0v) is 23.1. The van der Waals surface area contributed by atoms with E-state index in [0.29, 0.717) is 42.6 Å². The Bertz CT molecular complexity index is 1350. The number of hydrogen-bond acceptors (Lipinski definition) is 9. The van der Waals surface area contributed by atoms with Gasteiger partial charge in [-0.3, -0.25) is 4.79 Å². The van der Waals surface area contributed by atoms with E-state index in [9.17, 15) is 13.2 Å². The second kappa shape index (κ2) is 8.24. The van der Waals surface area contributed by atoms with Gasteiger partial charge in [-0.15, -0.1) is 5.10 Å². The van der Waals surface area contributed by atoms with E-state index in [2.05, 4.69) is 33.9 Å². The summed E-state index contributed by atoms with van der Waals surface area (Å²) in [6, 6.07) is 1.57. The summed E-state index contributed by atoms with van der Waals surface area (Å²) in [5.41, 5.74) is 1.39. The average molecular weight is 534 g/mol. The average Bonchev–Trinajstić information content (AvgIpc) is 3.11. The van der Waals surface area contributed by atoms with Crippen LogP contribution >= 0.6 is 11.6 Å². The number of aryl methyl sites for hydroxylation is 1. The number of hydrogen-bond donors (Lipinski definition) is 0. The number of anilines is 3. The molecule has 5 heterocycles. The van der Waals surface area contributed by atoms with Gasteiger partial charge in [0.1, 0.15) is 22.7 Å². The molecule has 0 spiro atoms. The van der Waals surface area contributed by atoms with Gasteiger partial charge in [0.2, 0.25) is 5.91 Å². The molecule has 2 aromatic heterocycles. The number of amides is 1. The van der Waals surface area contributed by atoms with E-state index in [1.54, 1.807) is 24.2 Å². The van der Waals surface area contributed by atoms with Crippen LogP contribution in [0.15, 0.2) is 12.4 Å². The number of rotatable bonds is 3. The summed E-state index contributed by atoms with van der Waals surface area (Å²) in [6.45, 7) is 13.3. The molecule has 3 atom stereocenters. The molecule has 194 valence electrons. The molecule has 0 radical (unpaired) electrons. The summed E-state index contributed by atoms with van der Waals surface area (Å²) < 4.78 is 23.5. The fraction of sp³-hybridized carbons (Fsp3) is 0.625. The zero-order chi connectivity index (χ0) is 26.2. The van der Waals surface area contributed by atoms with Crippen molar-refractivity contribution < 1.29 is 13.2 Å². The van der Waals surface area contributed by atoms with Gasteiger partial charge in [0, 0.05) is 48.8 Å². The molecule has 1 unspecified atom stereocenters. The van der Waals surface area contributed by atoms with Gasteiger partial charge >= 0.3 is 0 Å². The molecule has 2 saturated heterocycles. The first kappa shape index (κ1) is 25.1. The van der Waals surface area contributed by atoms with Crippen LogP contribution in [0.25, 0.3) is 0 Å². The fourth-order valence-electron chi connectivity index (χ4n) is 5.51. The maximum atomic E-state index is 13.3. The first-order chi connectivity index (χ1) is 16.8. The highest BCUT2D eigenvalue weighted by molar-refractivity contribution is 7.95. The van der Waals surface area contributed by atoms with Crippen LogP contribution < -0.4 is 9.80 Å². The smallest absolute Gasteiger partial charge is 0.244 e. The van der Waals surface area contributed by atoms with E-state index < -0.39 is 14.6 Å². The van der Waals surface area contributed by atoms with Gasteiger partial charge < -0.3 is 14.7 Å². The standard InChI is InChI=1S/C24H32ClN7O3S/c1-14-11-31(22(33)24(6)7-8-36(24,34)35)15(2)10-30(14)20-19-21(27-13-26-20)32(12-23(19,4)5)18-9-17(25)16(3)28-29-18/h9,13-15H,7-8,10-12H2,1-6H3/t14-,15+,24?/m0/s1. The van der Waals surface area contributed by atoms with Crippen molar-refractivity contribution in [1.82, 2.24) is 25.1 Å². The monoisotopic (exact) mass is 533 g/mol. The lowest BCUT2D eigenvalue weighted by Crippen LogP contribution is -2.66. The lowest BCUT2D eigenvalue weighted by atomic mass is 9.87. The van der Waals surface area contributed by atoms with Crippen molar-refractivity contribution in [3.63, 3.8) is 0 Å². The molecular formula is C24H32ClN7O3S. The predicted molar refractivity (Wildman–Crippen MR) is 139 cm³/mol. The van der Waals surface area contributed by atoms with Crippen LogP contribution in [0.5, 0.6) is 0 Å². The lowest BCUT2D eigenvalue weighted by molar-refractivity contribution is -0.137. The third-order valence-corrected chi connectivity index (χ3v) is 10.9. The van der Waals surface area contributed by atoms with Gasteiger partial charge in [0.05, 0.1) is 16.5 Å². The van der Waals surface area contributed by atoms with Crippen LogP contribution in [-0.4, -0.2) is 81.6 Å². The summed E-state index contributed by atoms with van der Waals surface area (Å²) in [5.74, 6) is 2.02. The van der Waals surface area contributed by atoms with Crippen LogP contribution in [0.3, 0.4) is 0 Å². The molecule has 5 rings (SSSR count). The van der Waals surface area contributed by atoms with E-state index in [1.165, 1.54) is 0 Å². The molecule has 36 heavy (non-hydrogen) atoms. The van der Waals surface area contributed by atoms with Gasteiger partial charge in [0.15, 0.2) is 15.7 Å². The summed E-state index contributed by atoms with van der Waals surface area (Å²) in [5, 5.41) is 9.09. The summed E-state index contributed by atoms with van der Waals surface area (Å²) in [7, 11) is -3.39. The molecule has 3 aliphatic rings. The molecule has 2 aromatic rings. The summed E-state index contributed by atoms with van der Waals surface area (Å²) in [6.07, 6.45) is 1.94. The molecule has 0 bridgehead atoms. The normalized spacial score (nSPS) is 28.6. The van der Waals surface area contributed by atoms with Crippen molar-refractivity contribution in [2.24, 2.45) is 0 Å². The van der Waals surface area contributed by atoms with Gasteiger partial charge in [0.25, 0.3) is 0 Å². The van der Waals surface area contributed by atoms with E-state index in [-0.39, 0.29) is 29.2 Å². The van der Waals surface area contributed by atoms with Gasteiger partial charge in [-0.1, -0.05) is 25.4 Å². The molecular weight excluding hydrogens is 502 g/mol. The molecule has 0 N–H and O–H groups in total. The predicted octanol–water partition coefficient (Wildman–Crippen LogP) is 2.66. The number of sulfone groups is 1. The lowest BCUT2D eigenvalue weighted by Gasteiger charge is -2.49. The van der Waals surface area contributed by atoms with Crippen LogP contribution in [0.4, 0.5) is 17.5 Å². The first-order valence-electron chi connectivity index (χ1n) is 12.2. The number of fused-ring (bicyclic) bond motifs is 1. The number of halogens is 1. The summed E-state index contributed by atoms with van der Waals surface area (Å²) >= 11 is 6.34. The van der Waals surface area contributed by atoms with Crippen molar-refractivity contribution in [3.05, 3.63) is 28.7 Å². The van der Waals surface area contributed by atoms with Crippen molar-refractivity contribution in [3.8, 4) is 0 Å². The second-order valence-electron chi connectivity index (χ2n) is 11.1. The third kappa shape index (κ3) is 3.65. The third-order valence-electron chi connectivity index (χ3n) is 7.98. The molecule has 0 saturated carbocycles. The quantitative estimate of drug-likeness (QED) is 0.587. The van der Waals surface area contributed by atoms with Crippen molar-refractivity contribution in [2.75, 3.05) is 35.2 Å². The SMILES string of the molecule is Cc1nnc(N2CC(C)(C)c3c2ncnc3N2C[C@@H](C)N(C(=O)C3(C)CCS3(=O)=O)C[C@@H]2C)cc1Cl. The number of carbonyl (C=O) groups is 1. The van der Waals surface area contributed by atoms with Gasteiger partial charge in [-0.25, -0.2) is 18.4 Å². The molecule has 0 aromatic carbocycles. The van der Waals surface area contributed by atoms with Gasteiger partial charge in [-0.2, -0.15) is 5.10 Å². The van der Waals surface area contributed by atoms with Crippen LogP contribution in [-0.2, 0) is 20.0 Å². The minimum atomic E-state index is -3.39. The van der Waals surface area contributed by atoms with Gasteiger partial charge in [-0.05, 0) is 34.1 Å². The molecule has 10 nitrogen and oxygen atoms in total. The molecule has 0 aliphatic carbocycles. The topological polar surface area (TPSA) is 112 Å². The highest BCUT2D eigenvalue weighted by Gasteiger charge is 2.57. The minimum Gasteiger partial charge on any atom is -0.350 e. The van der Waals surface area contributed by atoms with E-state index in [0.717, 1.165) is 17.2 Å². The van der Waals surface area contributed by atoms with E-state index in [1.807, 2.05) is 25.7 Å². The Morgan fingerprint density at radius 1 is 1.08 bits per heavy atom. The Hall–Kier alpha value is -2.53. The molecule has 3 aliphatic heterocycles. The largest absolute Gasteiger partial charge is 0.350 e. The Labute approximate surface area is 217 Å². The van der Waals surface area contributed by atoms with E-state index in [4.69, 9.17) is 16.6 Å². The molecule has 2 fully saturated rings. The minimum absolute atomic E-state index is 0.0611. The molecule has 12 heteroatoms. The Morgan fingerprint density at radius 2 is 1.78 bits per heavy atom. The van der Waals surface area contributed by atoms with Crippen molar-refractivity contribution in [2.45, 2.75) is 70.2 Å². The zero-order valence-electron chi connectivity index (χ0n) is 21.5. The number of piperazine rings is 1. The Kier molecular flexibility index (Phi) is 5.75. The highest BCUT2D eigenvalue weighted by Crippen LogP contribution is 2.47. The second-order valence-corrected chi connectivity index (χ2v) is 14.1. The first-order valence-corrected chi connectivity index (χ1v) is 14.2. The number of aromatic nitrogens is 4. The summed E-state index contributed by atoms with van der Waals surface area (Å²) in [4.78, 5) is 28.6. The highest BCUT2D eigenvalue weighted by atomic mass is 35.5. The van der Waals surface area contributed by atoms with E-state index >= 15 is 0 Å².